The summed E-state index contributed by atoms with van der Waals surface area (Å²) >= 11 is 0. The van der Waals surface area contributed by atoms with Gasteiger partial charge >= 0.3 is 56.4 Å². The molecule has 0 spiro atoms. The van der Waals surface area contributed by atoms with Crippen molar-refractivity contribution in [3.05, 3.63) is 0 Å². The smallest absolute Gasteiger partial charge is 0.390 e. The molecule has 0 aliphatic carbocycles. The van der Waals surface area contributed by atoms with Crippen LogP contribution in [-0.2, 0) is 4.43 Å². The third-order valence-corrected chi connectivity index (χ3v) is 5.43. The number of halogens is 17. The van der Waals surface area contributed by atoms with Crippen LogP contribution in [0.5, 0.6) is 0 Å². The molecule has 0 atom stereocenters. The van der Waals surface area contributed by atoms with Crippen molar-refractivity contribution in [1.82, 2.24) is 0 Å². The molecular weight excluding hydrogens is 531 g/mol. The van der Waals surface area contributed by atoms with Crippen molar-refractivity contribution in [1.29, 1.82) is 0 Å². The van der Waals surface area contributed by atoms with E-state index in [1.807, 2.05) is 0 Å². The number of hydrogen-bond donors (Lipinski definition) is 2. The highest BCUT2D eigenvalue weighted by Crippen LogP contribution is 2.64. The molecular formula is C11H9F17O3Si. The van der Waals surface area contributed by atoms with Crippen molar-refractivity contribution >= 4 is 8.80 Å². The van der Waals surface area contributed by atoms with Crippen molar-refractivity contribution in [2.24, 2.45) is 0 Å². The first-order chi connectivity index (χ1) is 13.5. The predicted octanol–water partition coefficient (Wildman–Crippen LogP) is 4.96. The van der Waals surface area contributed by atoms with Crippen LogP contribution in [0.1, 0.15) is 6.42 Å². The second-order valence-electron chi connectivity index (χ2n) is 6.10. The van der Waals surface area contributed by atoms with Crippen molar-refractivity contribution in [2.45, 2.75) is 60.1 Å². The van der Waals surface area contributed by atoms with E-state index in [2.05, 4.69) is 4.43 Å². The number of alkyl halides is 17. The Morgan fingerprint density at radius 1 is 0.531 bits per heavy atom. The summed E-state index contributed by atoms with van der Waals surface area (Å²) in [6, 6.07) is -2.09. The van der Waals surface area contributed by atoms with Crippen LogP contribution in [0.3, 0.4) is 0 Å². The maximum absolute atomic E-state index is 13.4. The topological polar surface area (TPSA) is 49.7 Å². The SMILES string of the molecule is CO[Si](O)(O)CCC(F)(F)C(F)(F)C(F)(F)C(F)(F)C(F)(F)C(F)(F)C(F)(F)C(F)(F)F. The van der Waals surface area contributed by atoms with E-state index in [0.717, 1.165) is 0 Å². The van der Waals surface area contributed by atoms with Gasteiger partial charge in [-0.05, 0) is 0 Å². The molecule has 0 heterocycles. The molecule has 0 saturated heterocycles. The predicted molar refractivity (Wildman–Crippen MR) is 67.3 cm³/mol. The van der Waals surface area contributed by atoms with Gasteiger partial charge in [-0.1, -0.05) is 0 Å². The first kappa shape index (κ1) is 30.9. The van der Waals surface area contributed by atoms with Crippen LogP contribution in [-0.4, -0.2) is 73.1 Å². The monoisotopic (exact) mass is 540 g/mol. The van der Waals surface area contributed by atoms with E-state index in [4.69, 9.17) is 9.59 Å². The fraction of sp³-hybridized carbons (Fsp3) is 1.00. The molecule has 0 aromatic carbocycles. The van der Waals surface area contributed by atoms with Gasteiger partial charge in [-0.3, -0.25) is 0 Å². The molecule has 3 nitrogen and oxygen atoms in total. The Hall–Kier alpha value is -1.09. The molecule has 0 radical (unpaired) electrons. The van der Waals surface area contributed by atoms with Crippen molar-refractivity contribution in [2.75, 3.05) is 7.11 Å². The summed E-state index contributed by atoms with van der Waals surface area (Å²) in [5.74, 6) is -57.0. The summed E-state index contributed by atoms with van der Waals surface area (Å²) in [5, 5.41) is 0. The van der Waals surface area contributed by atoms with E-state index >= 15 is 0 Å². The molecule has 0 aromatic heterocycles. The van der Waals surface area contributed by atoms with Crippen LogP contribution in [0.2, 0.25) is 6.04 Å². The van der Waals surface area contributed by atoms with Gasteiger partial charge in [0.1, 0.15) is 0 Å². The molecule has 21 heteroatoms. The molecule has 0 rings (SSSR count). The van der Waals surface area contributed by atoms with Gasteiger partial charge in [0.15, 0.2) is 0 Å². The summed E-state index contributed by atoms with van der Waals surface area (Å²) < 4.78 is 224. The zero-order valence-electron chi connectivity index (χ0n) is 14.6. The summed E-state index contributed by atoms with van der Waals surface area (Å²) in [6.07, 6.45) is -10.8. The molecule has 0 aliphatic rings. The quantitative estimate of drug-likeness (QED) is 0.305. The second kappa shape index (κ2) is 8.00. The van der Waals surface area contributed by atoms with Crippen molar-refractivity contribution in [3.8, 4) is 0 Å². The molecule has 2 N–H and O–H groups in total. The molecule has 0 aliphatic heterocycles. The first-order valence-electron chi connectivity index (χ1n) is 7.23. The van der Waals surface area contributed by atoms with Gasteiger partial charge in [0.25, 0.3) is 0 Å². The lowest BCUT2D eigenvalue weighted by Crippen LogP contribution is -2.74. The highest BCUT2D eigenvalue weighted by molar-refractivity contribution is 6.57. The van der Waals surface area contributed by atoms with Gasteiger partial charge in [-0.2, -0.15) is 74.6 Å². The maximum Gasteiger partial charge on any atom is 0.495 e. The normalized spacial score (nSPS) is 16.5. The molecule has 194 valence electrons. The highest BCUT2D eigenvalue weighted by atomic mass is 28.4. The molecule has 0 saturated carbocycles. The van der Waals surface area contributed by atoms with Gasteiger partial charge in [0.2, 0.25) is 0 Å². The van der Waals surface area contributed by atoms with Crippen molar-refractivity contribution in [3.63, 3.8) is 0 Å². The lowest BCUT2D eigenvalue weighted by Gasteiger charge is -2.42. The van der Waals surface area contributed by atoms with Crippen LogP contribution in [0.25, 0.3) is 0 Å². The van der Waals surface area contributed by atoms with E-state index in [9.17, 15) is 74.6 Å². The minimum Gasteiger partial charge on any atom is -0.390 e. The summed E-state index contributed by atoms with van der Waals surface area (Å²) in [4.78, 5) is 17.7. The Bertz CT molecular complexity index is 671. The Morgan fingerprint density at radius 2 is 0.812 bits per heavy atom. The molecule has 0 bridgehead atoms. The van der Waals surface area contributed by atoms with E-state index in [0.29, 0.717) is 7.11 Å². The lowest BCUT2D eigenvalue weighted by atomic mass is 9.88. The van der Waals surface area contributed by atoms with Gasteiger partial charge in [0, 0.05) is 19.6 Å². The Morgan fingerprint density at radius 3 is 1.09 bits per heavy atom. The summed E-state index contributed by atoms with van der Waals surface area (Å²) in [7, 11) is -4.97. The van der Waals surface area contributed by atoms with E-state index in [-0.39, 0.29) is 0 Å². The van der Waals surface area contributed by atoms with Gasteiger partial charge in [-0.25, -0.2) is 0 Å². The van der Waals surface area contributed by atoms with Crippen LogP contribution in [0, 0.1) is 0 Å². The summed E-state index contributed by atoms with van der Waals surface area (Å²) in [6.45, 7) is 0. The van der Waals surface area contributed by atoms with E-state index in [1.54, 1.807) is 0 Å². The van der Waals surface area contributed by atoms with Crippen LogP contribution in [0.4, 0.5) is 74.6 Å². The molecule has 0 fully saturated rings. The molecule has 0 aromatic rings. The zero-order chi connectivity index (χ0) is 26.6. The lowest BCUT2D eigenvalue weighted by molar-refractivity contribution is -0.461. The molecule has 0 amide bonds. The zero-order valence-corrected chi connectivity index (χ0v) is 15.6. The fourth-order valence-electron chi connectivity index (χ4n) is 1.78. The standard InChI is InChI=1S/C11H9F17O3Si/c1-31-32(29,30)3-2-4(12,13)5(14,15)6(16,17)7(18,19)8(20,21)9(22,23)10(24,25)11(26,27)28/h29-30H,2-3H2,1H3. The average Bonchev–Trinajstić information content (AvgIpc) is 2.58. The molecule has 0 unspecified atom stereocenters. The van der Waals surface area contributed by atoms with E-state index in [1.165, 1.54) is 0 Å². The minimum atomic E-state index is -8.69. The average molecular weight is 540 g/mol. The number of rotatable bonds is 10. The van der Waals surface area contributed by atoms with Gasteiger partial charge in [-0.15, -0.1) is 0 Å². The van der Waals surface area contributed by atoms with Crippen LogP contribution >= 0.6 is 0 Å². The largest absolute Gasteiger partial charge is 0.495 e. The first-order valence-corrected chi connectivity index (χ1v) is 9.24. The minimum absolute atomic E-state index is 0.356. The third kappa shape index (κ3) is 4.35. The third-order valence-electron chi connectivity index (χ3n) is 3.88. The van der Waals surface area contributed by atoms with Gasteiger partial charge < -0.3 is 14.0 Å². The highest BCUT2D eigenvalue weighted by Gasteiger charge is 2.95. The van der Waals surface area contributed by atoms with E-state index < -0.39 is 68.9 Å². The van der Waals surface area contributed by atoms with Crippen LogP contribution < -0.4 is 0 Å². The van der Waals surface area contributed by atoms with Gasteiger partial charge in [0.05, 0.1) is 0 Å². The Kier molecular flexibility index (Phi) is 7.72. The fourth-order valence-corrected chi connectivity index (χ4v) is 2.62. The molecule has 32 heavy (non-hydrogen) atoms. The second-order valence-corrected chi connectivity index (χ2v) is 8.49. The van der Waals surface area contributed by atoms with Crippen LogP contribution in [0.15, 0.2) is 0 Å². The Balaban J connectivity index is 6.53. The number of hydrogen-bond acceptors (Lipinski definition) is 3. The maximum atomic E-state index is 13.4. The summed E-state index contributed by atoms with van der Waals surface area (Å²) in [5.41, 5.74) is 0. The van der Waals surface area contributed by atoms with Crippen molar-refractivity contribution < 1.29 is 88.7 Å². The Labute approximate surface area is 166 Å².